The second kappa shape index (κ2) is 7.43. The number of alkyl carbamates (subject to hydrolysis) is 1. The lowest BCUT2D eigenvalue weighted by Gasteiger charge is -2.62. The van der Waals surface area contributed by atoms with Gasteiger partial charge in [-0.3, -0.25) is 0 Å². The molecular formula is C20H36N2O3. The zero-order valence-electron chi connectivity index (χ0n) is 16.4. The maximum Gasteiger partial charge on any atom is 0.407 e. The van der Waals surface area contributed by atoms with Crippen LogP contribution in [0.15, 0.2) is 0 Å². The Labute approximate surface area is 152 Å². The summed E-state index contributed by atoms with van der Waals surface area (Å²) >= 11 is 0. The van der Waals surface area contributed by atoms with Crippen LogP contribution in [0.3, 0.4) is 0 Å². The molecule has 1 spiro atoms. The molecule has 4 atom stereocenters. The number of hydrogen-bond acceptors (Lipinski definition) is 4. The van der Waals surface area contributed by atoms with E-state index in [9.17, 15) is 4.79 Å². The van der Waals surface area contributed by atoms with Gasteiger partial charge in [0.05, 0.1) is 6.10 Å². The van der Waals surface area contributed by atoms with Crippen molar-refractivity contribution in [2.45, 2.75) is 96.4 Å². The van der Waals surface area contributed by atoms with Gasteiger partial charge in [0.25, 0.3) is 0 Å². The van der Waals surface area contributed by atoms with E-state index in [0.717, 1.165) is 13.0 Å². The van der Waals surface area contributed by atoms with Gasteiger partial charge in [-0.1, -0.05) is 12.8 Å². The minimum Gasteiger partial charge on any atom is -0.444 e. The molecule has 0 aliphatic heterocycles. The summed E-state index contributed by atoms with van der Waals surface area (Å²) in [5.41, 5.74) is -0.0318. The third-order valence-electron chi connectivity index (χ3n) is 6.42. The summed E-state index contributed by atoms with van der Waals surface area (Å²) < 4.78 is 11.3. The molecule has 3 saturated carbocycles. The number of nitrogens with one attached hydrogen (secondary N) is 2. The average Bonchev–Trinajstić information content (AvgIpc) is 2.87. The fourth-order valence-electron chi connectivity index (χ4n) is 4.96. The molecule has 4 unspecified atom stereocenters. The van der Waals surface area contributed by atoms with Crippen molar-refractivity contribution in [3.8, 4) is 0 Å². The fourth-order valence-corrected chi connectivity index (χ4v) is 4.96. The molecule has 0 aromatic rings. The van der Waals surface area contributed by atoms with Crippen molar-refractivity contribution in [2.75, 3.05) is 13.2 Å². The molecule has 0 heterocycles. The van der Waals surface area contributed by atoms with Gasteiger partial charge in [0.2, 0.25) is 0 Å². The van der Waals surface area contributed by atoms with Crippen molar-refractivity contribution in [1.29, 1.82) is 0 Å². The predicted octanol–water partition coefficient (Wildman–Crippen LogP) is 3.62. The van der Waals surface area contributed by atoms with Crippen molar-refractivity contribution >= 4 is 6.09 Å². The van der Waals surface area contributed by atoms with E-state index in [1.54, 1.807) is 0 Å². The standard InChI is InChI=1S/C20H36N2O3/c1-5-24-17-12-16(20(17)10-7-11-20)22-15-9-6-8-14(15)13-21-18(23)25-19(2,3)4/h14-17,22H,5-13H2,1-4H3,(H,21,23). The predicted molar refractivity (Wildman–Crippen MR) is 98.6 cm³/mol. The Morgan fingerprint density at radius 3 is 2.56 bits per heavy atom. The van der Waals surface area contributed by atoms with E-state index >= 15 is 0 Å². The van der Waals surface area contributed by atoms with Crippen molar-refractivity contribution in [3.05, 3.63) is 0 Å². The zero-order chi connectivity index (χ0) is 18.1. The molecule has 3 aliphatic carbocycles. The number of carbonyl (C=O) groups excluding carboxylic acids is 1. The Balaban J connectivity index is 1.47. The van der Waals surface area contributed by atoms with Gasteiger partial charge in [-0.05, 0) is 65.7 Å². The summed E-state index contributed by atoms with van der Waals surface area (Å²) in [5, 5.41) is 6.92. The van der Waals surface area contributed by atoms with Crippen LogP contribution in [0.5, 0.6) is 0 Å². The maximum atomic E-state index is 11.9. The highest BCUT2D eigenvalue weighted by molar-refractivity contribution is 5.67. The van der Waals surface area contributed by atoms with Crippen LogP contribution < -0.4 is 10.6 Å². The van der Waals surface area contributed by atoms with Crippen LogP contribution in [0.25, 0.3) is 0 Å². The van der Waals surface area contributed by atoms with Gasteiger partial charge in [0.15, 0.2) is 0 Å². The second-order valence-electron chi connectivity index (χ2n) is 9.17. The maximum absolute atomic E-state index is 11.9. The van der Waals surface area contributed by atoms with Crippen LogP contribution in [0.1, 0.15) is 72.6 Å². The van der Waals surface area contributed by atoms with Crippen molar-refractivity contribution in [2.24, 2.45) is 11.3 Å². The Morgan fingerprint density at radius 1 is 1.20 bits per heavy atom. The number of ether oxygens (including phenoxy) is 2. The van der Waals surface area contributed by atoms with Gasteiger partial charge in [-0.25, -0.2) is 4.79 Å². The molecule has 0 bridgehead atoms. The van der Waals surface area contributed by atoms with Gasteiger partial charge < -0.3 is 20.1 Å². The summed E-state index contributed by atoms with van der Waals surface area (Å²) in [4.78, 5) is 11.9. The first kappa shape index (κ1) is 19.0. The highest BCUT2D eigenvalue weighted by Crippen LogP contribution is 2.57. The minimum atomic E-state index is -0.436. The molecule has 5 nitrogen and oxygen atoms in total. The van der Waals surface area contributed by atoms with Crippen LogP contribution in [-0.4, -0.2) is 43.0 Å². The molecule has 3 fully saturated rings. The monoisotopic (exact) mass is 352 g/mol. The van der Waals surface area contributed by atoms with Crippen LogP contribution >= 0.6 is 0 Å². The number of carbonyl (C=O) groups is 1. The average molecular weight is 353 g/mol. The van der Waals surface area contributed by atoms with Crippen molar-refractivity contribution < 1.29 is 14.3 Å². The Bertz CT molecular complexity index is 470. The lowest BCUT2D eigenvalue weighted by Crippen LogP contribution is -2.68. The molecule has 144 valence electrons. The molecule has 3 rings (SSSR count). The fraction of sp³-hybridized carbons (Fsp3) is 0.950. The van der Waals surface area contributed by atoms with E-state index in [1.807, 2.05) is 20.8 Å². The molecule has 1 amide bonds. The minimum absolute atomic E-state index is 0.298. The van der Waals surface area contributed by atoms with E-state index in [2.05, 4.69) is 17.6 Å². The van der Waals surface area contributed by atoms with Gasteiger partial charge >= 0.3 is 6.09 Å². The smallest absolute Gasteiger partial charge is 0.407 e. The third kappa shape index (κ3) is 4.13. The van der Waals surface area contributed by atoms with Crippen LogP contribution in [0.4, 0.5) is 4.79 Å². The SMILES string of the molecule is CCOC1CC(NC2CCCC2CNC(=O)OC(C)(C)C)C12CCC2. The molecule has 2 N–H and O–H groups in total. The Morgan fingerprint density at radius 2 is 1.96 bits per heavy atom. The highest BCUT2D eigenvalue weighted by atomic mass is 16.6. The summed E-state index contributed by atoms with van der Waals surface area (Å²) in [6, 6.07) is 1.12. The first-order valence-corrected chi connectivity index (χ1v) is 10.2. The normalized spacial score (nSPS) is 33.6. The third-order valence-corrected chi connectivity index (χ3v) is 6.42. The Kier molecular flexibility index (Phi) is 5.64. The number of amides is 1. The van der Waals surface area contributed by atoms with Crippen LogP contribution in [-0.2, 0) is 9.47 Å². The Hall–Kier alpha value is -0.810. The molecule has 0 aromatic heterocycles. The van der Waals surface area contributed by atoms with E-state index < -0.39 is 5.60 Å². The molecule has 0 radical (unpaired) electrons. The topological polar surface area (TPSA) is 59.6 Å². The lowest BCUT2D eigenvalue weighted by molar-refractivity contribution is -0.175. The van der Waals surface area contributed by atoms with E-state index in [-0.39, 0.29) is 6.09 Å². The van der Waals surface area contributed by atoms with Gasteiger partial charge in [0, 0.05) is 30.7 Å². The molecular weight excluding hydrogens is 316 g/mol. The summed E-state index contributed by atoms with van der Waals surface area (Å²) in [5.74, 6) is 0.510. The zero-order valence-corrected chi connectivity index (χ0v) is 16.4. The van der Waals surface area contributed by atoms with Gasteiger partial charge in [0.1, 0.15) is 5.60 Å². The summed E-state index contributed by atoms with van der Waals surface area (Å²) in [7, 11) is 0. The van der Waals surface area contributed by atoms with Crippen molar-refractivity contribution in [1.82, 2.24) is 10.6 Å². The summed E-state index contributed by atoms with van der Waals surface area (Å²) in [6.45, 7) is 9.33. The highest BCUT2D eigenvalue weighted by Gasteiger charge is 2.59. The van der Waals surface area contributed by atoms with Crippen LogP contribution in [0, 0.1) is 11.3 Å². The van der Waals surface area contributed by atoms with E-state index in [4.69, 9.17) is 9.47 Å². The lowest BCUT2D eigenvalue weighted by atomic mass is 9.51. The van der Waals surface area contributed by atoms with E-state index in [0.29, 0.717) is 36.1 Å². The summed E-state index contributed by atoms with van der Waals surface area (Å²) in [6.07, 6.45) is 8.91. The molecule has 0 aromatic carbocycles. The first-order valence-electron chi connectivity index (χ1n) is 10.2. The quantitative estimate of drug-likeness (QED) is 0.766. The van der Waals surface area contributed by atoms with Crippen LogP contribution in [0.2, 0.25) is 0 Å². The largest absolute Gasteiger partial charge is 0.444 e. The molecule has 25 heavy (non-hydrogen) atoms. The number of hydrogen-bond donors (Lipinski definition) is 2. The van der Waals surface area contributed by atoms with Crippen molar-refractivity contribution in [3.63, 3.8) is 0 Å². The van der Waals surface area contributed by atoms with Gasteiger partial charge in [-0.15, -0.1) is 0 Å². The molecule has 5 heteroatoms. The molecule has 3 aliphatic rings. The van der Waals surface area contributed by atoms with E-state index in [1.165, 1.54) is 38.5 Å². The number of rotatable bonds is 6. The van der Waals surface area contributed by atoms with Gasteiger partial charge in [-0.2, -0.15) is 0 Å². The second-order valence-corrected chi connectivity index (χ2v) is 9.17. The molecule has 0 saturated heterocycles. The first-order chi connectivity index (χ1) is 11.8.